The minimum Gasteiger partial charge on any atom is -0.393 e. The van der Waals surface area contributed by atoms with Crippen molar-refractivity contribution in [2.75, 3.05) is 0 Å². The van der Waals surface area contributed by atoms with Crippen molar-refractivity contribution < 1.29 is 9.63 Å². The van der Waals surface area contributed by atoms with Crippen molar-refractivity contribution in [3.8, 4) is 11.3 Å². The molecular formula is C17H20N2O2. The van der Waals surface area contributed by atoms with Crippen LogP contribution in [0.4, 0.5) is 0 Å². The summed E-state index contributed by atoms with van der Waals surface area (Å²) in [6.07, 6.45) is 4.07. The highest BCUT2D eigenvalue weighted by Gasteiger charge is 2.40. The second-order valence-electron chi connectivity index (χ2n) is 6.23. The summed E-state index contributed by atoms with van der Waals surface area (Å²) in [7, 11) is 0. The number of piperidine rings is 1. The van der Waals surface area contributed by atoms with Crippen LogP contribution in [0.1, 0.15) is 31.4 Å². The molecule has 2 aliphatic rings. The van der Waals surface area contributed by atoms with Crippen LogP contribution in [0.3, 0.4) is 0 Å². The highest BCUT2D eigenvalue weighted by molar-refractivity contribution is 5.58. The molecule has 0 saturated carbocycles. The van der Waals surface area contributed by atoms with E-state index in [1.54, 1.807) is 0 Å². The van der Waals surface area contributed by atoms with Gasteiger partial charge >= 0.3 is 0 Å². The summed E-state index contributed by atoms with van der Waals surface area (Å²) in [5.41, 5.74) is 1.99. The van der Waals surface area contributed by atoms with Gasteiger partial charge < -0.3 is 9.63 Å². The van der Waals surface area contributed by atoms with Crippen molar-refractivity contribution in [1.29, 1.82) is 0 Å². The number of hydrogen-bond acceptors (Lipinski definition) is 4. The highest BCUT2D eigenvalue weighted by Crippen LogP contribution is 2.37. The molecular weight excluding hydrogens is 264 g/mol. The first-order valence-electron chi connectivity index (χ1n) is 7.74. The fourth-order valence-corrected chi connectivity index (χ4v) is 3.82. The number of nitrogens with zero attached hydrogens (tertiary/aromatic N) is 2. The minimum atomic E-state index is -0.117. The van der Waals surface area contributed by atoms with Crippen LogP contribution >= 0.6 is 0 Å². The van der Waals surface area contributed by atoms with Gasteiger partial charge in [-0.2, -0.15) is 0 Å². The Morgan fingerprint density at radius 2 is 1.86 bits per heavy atom. The van der Waals surface area contributed by atoms with Gasteiger partial charge in [-0.15, -0.1) is 0 Å². The smallest absolute Gasteiger partial charge is 0.151 e. The van der Waals surface area contributed by atoms with Gasteiger partial charge in [-0.25, -0.2) is 0 Å². The molecule has 4 nitrogen and oxygen atoms in total. The number of aromatic nitrogens is 1. The van der Waals surface area contributed by atoms with Gasteiger partial charge in [0.05, 0.1) is 12.6 Å². The molecule has 110 valence electrons. The van der Waals surface area contributed by atoms with E-state index in [9.17, 15) is 5.11 Å². The maximum atomic E-state index is 9.86. The van der Waals surface area contributed by atoms with Crippen molar-refractivity contribution in [3.05, 3.63) is 42.2 Å². The summed E-state index contributed by atoms with van der Waals surface area (Å²) in [5, 5.41) is 14.1. The number of fused-ring (bicyclic) bond motifs is 2. The van der Waals surface area contributed by atoms with Gasteiger partial charge in [0.15, 0.2) is 5.76 Å². The monoisotopic (exact) mass is 284 g/mol. The van der Waals surface area contributed by atoms with Crippen LogP contribution in [0, 0.1) is 0 Å². The molecule has 0 amide bonds. The van der Waals surface area contributed by atoms with Crippen molar-refractivity contribution in [3.63, 3.8) is 0 Å². The zero-order valence-electron chi connectivity index (χ0n) is 12.0. The topological polar surface area (TPSA) is 49.5 Å². The molecule has 2 aromatic rings. The van der Waals surface area contributed by atoms with Crippen LogP contribution in [-0.2, 0) is 6.54 Å². The summed E-state index contributed by atoms with van der Waals surface area (Å²) in [4.78, 5) is 2.49. The number of aliphatic hydroxyl groups is 1. The van der Waals surface area contributed by atoms with Crippen LogP contribution in [-0.4, -0.2) is 33.4 Å². The Morgan fingerprint density at radius 1 is 1.14 bits per heavy atom. The molecule has 1 aromatic heterocycles. The quantitative estimate of drug-likeness (QED) is 0.941. The first-order valence-corrected chi connectivity index (χ1v) is 7.74. The van der Waals surface area contributed by atoms with Gasteiger partial charge in [-0.3, -0.25) is 4.90 Å². The Morgan fingerprint density at radius 3 is 2.57 bits per heavy atom. The lowest BCUT2D eigenvalue weighted by Crippen LogP contribution is -2.43. The largest absolute Gasteiger partial charge is 0.393 e. The van der Waals surface area contributed by atoms with E-state index < -0.39 is 0 Å². The van der Waals surface area contributed by atoms with Crippen molar-refractivity contribution in [2.45, 2.75) is 50.4 Å². The second kappa shape index (κ2) is 5.28. The van der Waals surface area contributed by atoms with Gasteiger partial charge in [0, 0.05) is 23.7 Å². The SMILES string of the molecule is OC1CC2CCC(C1)N2Cc1cc(-c2ccccc2)no1. The predicted molar refractivity (Wildman–Crippen MR) is 79.5 cm³/mol. The van der Waals surface area contributed by atoms with Gasteiger partial charge in [0.25, 0.3) is 0 Å². The Kier molecular flexibility index (Phi) is 3.28. The molecule has 2 atom stereocenters. The molecule has 2 unspecified atom stereocenters. The Bertz CT molecular complexity index is 596. The molecule has 2 saturated heterocycles. The first-order chi connectivity index (χ1) is 10.3. The minimum absolute atomic E-state index is 0.117. The lowest BCUT2D eigenvalue weighted by atomic mass is 10.00. The van der Waals surface area contributed by atoms with Gasteiger partial charge in [0.1, 0.15) is 5.69 Å². The normalized spacial score (nSPS) is 28.9. The average Bonchev–Trinajstić information content (AvgIpc) is 3.05. The lowest BCUT2D eigenvalue weighted by Gasteiger charge is -2.36. The van der Waals surface area contributed by atoms with Crippen molar-refractivity contribution in [2.24, 2.45) is 0 Å². The Balaban J connectivity index is 1.50. The van der Waals surface area contributed by atoms with E-state index >= 15 is 0 Å². The molecule has 3 heterocycles. The third-order valence-electron chi connectivity index (χ3n) is 4.83. The van der Waals surface area contributed by atoms with Crippen LogP contribution in [0.25, 0.3) is 11.3 Å². The summed E-state index contributed by atoms with van der Waals surface area (Å²) in [6, 6.07) is 13.2. The fraction of sp³-hybridized carbons (Fsp3) is 0.471. The zero-order valence-corrected chi connectivity index (χ0v) is 12.0. The van der Waals surface area contributed by atoms with E-state index in [0.717, 1.165) is 36.4 Å². The summed E-state index contributed by atoms with van der Waals surface area (Å²) < 4.78 is 5.52. The second-order valence-corrected chi connectivity index (χ2v) is 6.23. The third kappa shape index (κ3) is 2.49. The van der Waals surface area contributed by atoms with E-state index in [1.165, 1.54) is 12.8 Å². The van der Waals surface area contributed by atoms with Gasteiger partial charge in [0.2, 0.25) is 0 Å². The first kappa shape index (κ1) is 13.0. The summed E-state index contributed by atoms with van der Waals surface area (Å²) in [5.74, 6) is 0.919. The third-order valence-corrected chi connectivity index (χ3v) is 4.83. The molecule has 0 spiro atoms. The van der Waals surface area contributed by atoms with E-state index in [-0.39, 0.29) is 6.10 Å². The summed E-state index contributed by atoms with van der Waals surface area (Å²) in [6.45, 7) is 0.807. The van der Waals surface area contributed by atoms with E-state index in [4.69, 9.17) is 4.52 Å². The van der Waals surface area contributed by atoms with Gasteiger partial charge in [-0.1, -0.05) is 35.5 Å². The van der Waals surface area contributed by atoms with E-state index in [1.807, 2.05) is 36.4 Å². The molecule has 0 radical (unpaired) electrons. The summed E-state index contributed by atoms with van der Waals surface area (Å²) >= 11 is 0. The molecule has 4 rings (SSSR count). The van der Waals surface area contributed by atoms with Crippen LogP contribution < -0.4 is 0 Å². The molecule has 21 heavy (non-hydrogen) atoms. The maximum absolute atomic E-state index is 9.86. The van der Waals surface area contributed by atoms with Crippen molar-refractivity contribution >= 4 is 0 Å². The maximum Gasteiger partial charge on any atom is 0.151 e. The number of aliphatic hydroxyl groups excluding tert-OH is 1. The molecule has 1 N–H and O–H groups in total. The van der Waals surface area contributed by atoms with Crippen LogP contribution in [0.2, 0.25) is 0 Å². The fourth-order valence-electron chi connectivity index (χ4n) is 3.82. The Labute approximate surface area is 124 Å². The molecule has 2 fully saturated rings. The molecule has 1 aromatic carbocycles. The number of rotatable bonds is 3. The van der Waals surface area contributed by atoms with Crippen molar-refractivity contribution in [1.82, 2.24) is 10.1 Å². The average molecular weight is 284 g/mol. The zero-order chi connectivity index (χ0) is 14.2. The molecule has 4 heteroatoms. The predicted octanol–water partition coefficient (Wildman–Crippen LogP) is 2.83. The van der Waals surface area contributed by atoms with Gasteiger partial charge in [-0.05, 0) is 25.7 Å². The number of benzene rings is 1. The van der Waals surface area contributed by atoms with Crippen LogP contribution in [0.15, 0.2) is 40.9 Å². The molecule has 0 aliphatic carbocycles. The standard InChI is InChI=1S/C17H20N2O2/c20-15-8-13-6-7-14(9-15)19(13)11-16-10-17(18-21-16)12-4-2-1-3-5-12/h1-5,10,13-15,20H,6-9,11H2. The van der Waals surface area contributed by atoms with E-state index in [2.05, 4.69) is 10.1 Å². The highest BCUT2D eigenvalue weighted by atomic mass is 16.5. The van der Waals surface area contributed by atoms with Crippen LogP contribution in [0.5, 0.6) is 0 Å². The number of hydrogen-bond donors (Lipinski definition) is 1. The van der Waals surface area contributed by atoms with E-state index in [0.29, 0.717) is 12.1 Å². The Hall–Kier alpha value is -1.65. The lowest BCUT2D eigenvalue weighted by molar-refractivity contribution is 0.0266. The molecule has 2 bridgehead atoms. The molecule has 2 aliphatic heterocycles.